The first kappa shape index (κ1) is 24.3. The molecule has 0 aliphatic carbocycles. The van der Waals surface area contributed by atoms with Gasteiger partial charge in [0, 0.05) is 68.8 Å². The SMILES string of the molecule is CC(C)NC1CCN(Cc2cnccn2)CC1Oc1ccc2c(c1)CN(C1CCC(=O)NC1=O)C2=O. The third kappa shape index (κ3) is 5.24. The first-order valence-corrected chi connectivity index (χ1v) is 12.5. The lowest BCUT2D eigenvalue weighted by Crippen LogP contribution is -2.56. The number of amides is 3. The fraction of sp³-hybridized carbons (Fsp3) is 0.500. The van der Waals surface area contributed by atoms with Gasteiger partial charge in [0.05, 0.1) is 5.69 Å². The van der Waals surface area contributed by atoms with Crippen molar-refractivity contribution < 1.29 is 19.1 Å². The molecule has 10 nitrogen and oxygen atoms in total. The summed E-state index contributed by atoms with van der Waals surface area (Å²) in [5.41, 5.74) is 2.34. The zero-order valence-electron chi connectivity index (χ0n) is 20.6. The Morgan fingerprint density at radius 2 is 2.06 bits per heavy atom. The normalized spacial score (nSPS) is 24.7. The second-order valence-electron chi connectivity index (χ2n) is 10.0. The second-order valence-corrected chi connectivity index (χ2v) is 10.0. The van der Waals surface area contributed by atoms with E-state index in [1.807, 2.05) is 12.1 Å². The summed E-state index contributed by atoms with van der Waals surface area (Å²) in [5.74, 6) is -0.176. The lowest BCUT2D eigenvalue weighted by Gasteiger charge is -2.39. The fourth-order valence-corrected chi connectivity index (χ4v) is 5.30. The smallest absolute Gasteiger partial charge is 0.255 e. The van der Waals surface area contributed by atoms with Crippen molar-refractivity contribution >= 4 is 17.7 Å². The average molecular weight is 493 g/mol. The quantitative estimate of drug-likeness (QED) is 0.555. The summed E-state index contributed by atoms with van der Waals surface area (Å²) in [4.78, 5) is 49.3. The molecule has 3 atom stereocenters. The standard InChI is InChI=1S/C26H32N6O4/c1-16(2)29-21-7-10-31(14-18-12-27-8-9-28-18)15-23(21)36-19-3-4-20-17(11-19)13-32(26(20)35)22-5-6-24(33)30-25(22)34/h3-4,8-9,11-12,16,21-23,29H,5-7,10,13-15H2,1-2H3,(H,30,33,34). The van der Waals surface area contributed by atoms with Gasteiger partial charge in [0.15, 0.2) is 0 Å². The van der Waals surface area contributed by atoms with Crippen LogP contribution in [0.3, 0.4) is 0 Å². The van der Waals surface area contributed by atoms with Crippen molar-refractivity contribution in [1.82, 2.24) is 30.4 Å². The zero-order chi connectivity index (χ0) is 25.2. The number of hydrogen-bond acceptors (Lipinski definition) is 8. The van der Waals surface area contributed by atoms with E-state index in [0.717, 1.165) is 30.8 Å². The van der Waals surface area contributed by atoms with Crippen LogP contribution in [-0.4, -0.2) is 74.8 Å². The van der Waals surface area contributed by atoms with E-state index in [1.54, 1.807) is 29.6 Å². The van der Waals surface area contributed by atoms with Crippen LogP contribution in [0.1, 0.15) is 54.7 Å². The monoisotopic (exact) mass is 492 g/mol. The Hall–Kier alpha value is -3.37. The number of fused-ring (bicyclic) bond motifs is 1. The summed E-state index contributed by atoms with van der Waals surface area (Å²) in [7, 11) is 0. The van der Waals surface area contributed by atoms with Crippen molar-refractivity contribution in [3.63, 3.8) is 0 Å². The number of ether oxygens (including phenoxy) is 1. The lowest BCUT2D eigenvalue weighted by molar-refractivity contribution is -0.136. The summed E-state index contributed by atoms with van der Waals surface area (Å²) in [5, 5.41) is 5.98. The number of carbonyl (C=O) groups excluding carboxylic acids is 3. The van der Waals surface area contributed by atoms with Gasteiger partial charge in [-0.05, 0) is 36.6 Å². The van der Waals surface area contributed by atoms with Crippen LogP contribution in [0.2, 0.25) is 0 Å². The van der Waals surface area contributed by atoms with Gasteiger partial charge in [-0.25, -0.2) is 0 Å². The Bertz CT molecular complexity index is 1140. The molecule has 36 heavy (non-hydrogen) atoms. The van der Waals surface area contributed by atoms with Crippen LogP contribution < -0.4 is 15.4 Å². The molecule has 2 fully saturated rings. The summed E-state index contributed by atoms with van der Waals surface area (Å²) in [6.07, 6.45) is 6.62. The van der Waals surface area contributed by atoms with Gasteiger partial charge in [0.2, 0.25) is 11.8 Å². The molecule has 3 amide bonds. The molecule has 190 valence electrons. The molecule has 0 bridgehead atoms. The first-order valence-electron chi connectivity index (χ1n) is 12.5. The molecule has 0 radical (unpaired) electrons. The van der Waals surface area contributed by atoms with E-state index in [-0.39, 0.29) is 30.4 Å². The number of imide groups is 1. The van der Waals surface area contributed by atoms with Crippen LogP contribution >= 0.6 is 0 Å². The molecule has 2 saturated heterocycles. The number of likely N-dealkylation sites (tertiary alicyclic amines) is 1. The third-order valence-electron chi connectivity index (χ3n) is 6.98. The molecule has 3 aliphatic heterocycles. The minimum atomic E-state index is -0.625. The number of hydrogen-bond donors (Lipinski definition) is 2. The maximum absolute atomic E-state index is 13.0. The Morgan fingerprint density at radius 3 is 2.81 bits per heavy atom. The number of nitrogens with zero attached hydrogens (tertiary/aromatic N) is 4. The van der Waals surface area contributed by atoms with E-state index in [1.165, 1.54) is 0 Å². The molecule has 1 aromatic heterocycles. The predicted molar refractivity (Wildman–Crippen MR) is 131 cm³/mol. The zero-order valence-corrected chi connectivity index (χ0v) is 20.6. The molecule has 3 aliphatic rings. The van der Waals surface area contributed by atoms with Crippen LogP contribution in [0.25, 0.3) is 0 Å². The van der Waals surface area contributed by atoms with Crippen LogP contribution in [-0.2, 0) is 22.7 Å². The second kappa shape index (κ2) is 10.3. The van der Waals surface area contributed by atoms with Crippen molar-refractivity contribution in [2.75, 3.05) is 13.1 Å². The number of piperidine rings is 2. The van der Waals surface area contributed by atoms with Crippen molar-refractivity contribution in [3.05, 3.63) is 53.6 Å². The molecule has 2 aromatic rings. The Balaban J connectivity index is 1.29. The summed E-state index contributed by atoms with van der Waals surface area (Å²) >= 11 is 0. The lowest BCUT2D eigenvalue weighted by atomic mass is 10.00. The Labute approximate surface area is 210 Å². The minimum Gasteiger partial charge on any atom is -0.487 e. The molecule has 0 saturated carbocycles. The summed E-state index contributed by atoms with van der Waals surface area (Å²) in [6, 6.07) is 5.42. The van der Waals surface area contributed by atoms with Gasteiger partial charge in [0.25, 0.3) is 5.91 Å². The summed E-state index contributed by atoms with van der Waals surface area (Å²) in [6.45, 7) is 6.97. The van der Waals surface area contributed by atoms with E-state index in [0.29, 0.717) is 36.9 Å². The molecule has 5 rings (SSSR count). The number of rotatable bonds is 7. The maximum Gasteiger partial charge on any atom is 0.255 e. The largest absolute Gasteiger partial charge is 0.487 e. The number of aromatic nitrogens is 2. The molecule has 10 heteroatoms. The van der Waals surface area contributed by atoms with E-state index in [4.69, 9.17) is 4.74 Å². The van der Waals surface area contributed by atoms with Gasteiger partial charge in [-0.2, -0.15) is 0 Å². The first-order chi connectivity index (χ1) is 17.4. The Morgan fingerprint density at radius 1 is 1.19 bits per heavy atom. The topological polar surface area (TPSA) is 117 Å². The molecule has 2 N–H and O–H groups in total. The van der Waals surface area contributed by atoms with Crippen molar-refractivity contribution in [1.29, 1.82) is 0 Å². The number of nitrogens with one attached hydrogen (secondary N) is 2. The van der Waals surface area contributed by atoms with Gasteiger partial charge < -0.3 is 15.0 Å². The molecular weight excluding hydrogens is 460 g/mol. The molecule has 3 unspecified atom stereocenters. The average Bonchev–Trinajstić information content (AvgIpc) is 3.16. The Kier molecular flexibility index (Phi) is 6.97. The van der Waals surface area contributed by atoms with Crippen LogP contribution in [0.5, 0.6) is 5.75 Å². The van der Waals surface area contributed by atoms with E-state index in [9.17, 15) is 14.4 Å². The predicted octanol–water partition coefficient (Wildman–Crippen LogP) is 1.26. The molecular formula is C26H32N6O4. The number of benzene rings is 1. The molecule has 4 heterocycles. The van der Waals surface area contributed by atoms with Crippen LogP contribution in [0.4, 0.5) is 0 Å². The fourth-order valence-electron chi connectivity index (χ4n) is 5.30. The van der Waals surface area contributed by atoms with Gasteiger partial charge in [0.1, 0.15) is 17.9 Å². The number of carbonyl (C=O) groups is 3. The van der Waals surface area contributed by atoms with Crippen molar-refractivity contribution in [2.45, 2.75) is 70.4 Å². The van der Waals surface area contributed by atoms with E-state index in [2.05, 4.69) is 39.3 Å². The van der Waals surface area contributed by atoms with Crippen LogP contribution in [0.15, 0.2) is 36.8 Å². The van der Waals surface area contributed by atoms with Crippen molar-refractivity contribution in [3.8, 4) is 5.75 Å². The third-order valence-corrected chi connectivity index (χ3v) is 6.98. The van der Waals surface area contributed by atoms with E-state index >= 15 is 0 Å². The minimum absolute atomic E-state index is 0.0841. The van der Waals surface area contributed by atoms with Crippen LogP contribution in [0, 0.1) is 0 Å². The molecule has 0 spiro atoms. The highest BCUT2D eigenvalue weighted by molar-refractivity contribution is 6.05. The van der Waals surface area contributed by atoms with Crippen molar-refractivity contribution in [2.24, 2.45) is 0 Å². The summed E-state index contributed by atoms with van der Waals surface area (Å²) < 4.78 is 6.52. The van der Waals surface area contributed by atoms with Gasteiger partial charge >= 0.3 is 0 Å². The maximum atomic E-state index is 13.0. The molecule has 1 aromatic carbocycles. The highest BCUT2D eigenvalue weighted by Crippen LogP contribution is 2.31. The highest BCUT2D eigenvalue weighted by atomic mass is 16.5. The van der Waals surface area contributed by atoms with Gasteiger partial charge in [-0.15, -0.1) is 0 Å². The van der Waals surface area contributed by atoms with E-state index < -0.39 is 11.9 Å². The van der Waals surface area contributed by atoms with Gasteiger partial charge in [-0.3, -0.25) is 34.6 Å². The highest BCUT2D eigenvalue weighted by Gasteiger charge is 2.39. The van der Waals surface area contributed by atoms with Gasteiger partial charge in [-0.1, -0.05) is 13.8 Å².